The van der Waals surface area contributed by atoms with E-state index in [4.69, 9.17) is 0 Å². The molecule has 3 atom stereocenters. The fourth-order valence-corrected chi connectivity index (χ4v) is 3.29. The van der Waals surface area contributed by atoms with Crippen LogP contribution in [0.4, 0.5) is 0 Å². The first-order chi connectivity index (χ1) is 15.0. The second-order valence-corrected chi connectivity index (χ2v) is 7.65. The Balaban J connectivity index is 2.12. The number of carbonyl (C=O) groups is 1. The maximum atomic E-state index is 11.2. The largest absolute Gasteiger partial charge is 0.469 e. The van der Waals surface area contributed by atoms with E-state index >= 15 is 0 Å². The van der Waals surface area contributed by atoms with Crippen LogP contribution in [-0.2, 0) is 9.53 Å². The summed E-state index contributed by atoms with van der Waals surface area (Å²) in [7, 11) is 1.32. The normalized spacial score (nSPS) is 14.5. The summed E-state index contributed by atoms with van der Waals surface area (Å²) in [6, 6.07) is 9.61. The lowest BCUT2D eigenvalue weighted by atomic mass is 10.0. The number of aliphatic hydroxyl groups is 3. The van der Waals surface area contributed by atoms with Gasteiger partial charge in [-0.15, -0.1) is 0 Å². The van der Waals surface area contributed by atoms with Gasteiger partial charge in [-0.2, -0.15) is 0 Å². The third kappa shape index (κ3) is 7.94. The number of rotatable bonds is 13. The van der Waals surface area contributed by atoms with Crippen LogP contribution in [0.25, 0.3) is 17.5 Å². The predicted molar refractivity (Wildman–Crippen MR) is 120 cm³/mol. The molecule has 1 aromatic heterocycles. The topological polar surface area (TPSA) is 116 Å². The molecule has 0 aliphatic heterocycles. The number of carbonyl (C=O) groups excluding carboxylic acids is 1. The van der Waals surface area contributed by atoms with Gasteiger partial charge < -0.3 is 25.0 Å². The minimum absolute atomic E-state index is 0.192. The lowest BCUT2D eigenvalue weighted by molar-refractivity contribution is -0.140. The molecule has 31 heavy (non-hydrogen) atoms. The molecule has 2 aromatic rings. The van der Waals surface area contributed by atoms with Crippen molar-refractivity contribution in [2.24, 2.45) is 0 Å². The van der Waals surface area contributed by atoms with Crippen LogP contribution < -0.4 is 0 Å². The molecule has 0 radical (unpaired) electrons. The molecule has 0 bridgehead atoms. The number of ether oxygens (including phenoxy) is 1. The molecular weight excluding hydrogens is 396 g/mol. The number of benzene rings is 1. The molecule has 7 heteroatoms. The summed E-state index contributed by atoms with van der Waals surface area (Å²) in [6.07, 6.45) is 4.78. The highest BCUT2D eigenvalue weighted by atomic mass is 16.5. The zero-order chi connectivity index (χ0) is 22.6. The molecule has 7 nitrogen and oxygen atoms in total. The lowest BCUT2D eigenvalue weighted by Gasteiger charge is -2.14. The Morgan fingerprint density at radius 3 is 2.55 bits per heavy atom. The average Bonchev–Trinajstić information content (AvgIpc) is 3.22. The Hall–Kier alpha value is -2.48. The van der Waals surface area contributed by atoms with Crippen LogP contribution in [0.5, 0.6) is 0 Å². The molecule has 3 unspecified atom stereocenters. The number of aliphatic hydroxyl groups excluding tert-OH is 3. The summed E-state index contributed by atoms with van der Waals surface area (Å²) in [6.45, 7) is 2.11. The van der Waals surface area contributed by atoms with Gasteiger partial charge in [-0.1, -0.05) is 62.6 Å². The number of imidazole rings is 1. The Bertz CT molecular complexity index is 819. The average molecular weight is 431 g/mol. The molecule has 0 aliphatic rings. The highest BCUT2D eigenvalue weighted by molar-refractivity contribution is 5.69. The molecule has 0 amide bonds. The minimum Gasteiger partial charge on any atom is -0.469 e. The van der Waals surface area contributed by atoms with Gasteiger partial charge in [0.2, 0.25) is 0 Å². The fraction of sp³-hybridized carbons (Fsp3) is 0.500. The van der Waals surface area contributed by atoms with E-state index in [0.29, 0.717) is 30.1 Å². The van der Waals surface area contributed by atoms with E-state index in [1.54, 1.807) is 6.08 Å². The van der Waals surface area contributed by atoms with Crippen molar-refractivity contribution in [1.29, 1.82) is 0 Å². The van der Waals surface area contributed by atoms with Crippen molar-refractivity contribution in [2.45, 2.75) is 70.2 Å². The molecular formula is C24H34N2O5. The number of methoxy groups -OCH3 is 1. The second kappa shape index (κ2) is 13.0. The number of esters is 1. The SMILES string of the molecule is CCCCCC(O)c1[nH]c(-c2ccccc2)nc1/C=C/C(O)C(O)CCCC(=O)OC. The second-order valence-electron chi connectivity index (χ2n) is 7.65. The first-order valence-electron chi connectivity index (χ1n) is 10.9. The number of nitrogens with one attached hydrogen (secondary N) is 1. The van der Waals surface area contributed by atoms with Crippen molar-refractivity contribution in [2.75, 3.05) is 7.11 Å². The zero-order valence-electron chi connectivity index (χ0n) is 18.3. The monoisotopic (exact) mass is 430 g/mol. The van der Waals surface area contributed by atoms with Crippen molar-refractivity contribution >= 4 is 12.0 Å². The maximum Gasteiger partial charge on any atom is 0.305 e. The Morgan fingerprint density at radius 1 is 1.13 bits per heavy atom. The standard InChI is InChI=1S/C24H34N2O5/c1-3-4-6-12-21(29)23-18(25-24(26-23)17-10-7-5-8-11-17)15-16-20(28)19(27)13-9-14-22(30)31-2/h5,7-8,10-11,15-16,19-21,27-29H,3-4,6,9,12-14H2,1-2H3,(H,25,26)/b16-15+. The minimum atomic E-state index is -1.11. The van der Waals surface area contributed by atoms with E-state index in [1.165, 1.54) is 13.2 Å². The molecule has 0 fully saturated rings. The van der Waals surface area contributed by atoms with Crippen LogP contribution in [0.1, 0.15) is 69.4 Å². The lowest BCUT2D eigenvalue weighted by Crippen LogP contribution is -2.23. The quantitative estimate of drug-likeness (QED) is 0.284. The molecule has 1 aromatic carbocycles. The first-order valence-corrected chi connectivity index (χ1v) is 10.9. The van der Waals surface area contributed by atoms with E-state index in [0.717, 1.165) is 24.8 Å². The van der Waals surface area contributed by atoms with Gasteiger partial charge in [0.05, 0.1) is 36.8 Å². The highest BCUT2D eigenvalue weighted by Crippen LogP contribution is 2.26. The van der Waals surface area contributed by atoms with Crippen molar-refractivity contribution in [3.63, 3.8) is 0 Å². The number of aromatic amines is 1. The van der Waals surface area contributed by atoms with E-state index < -0.39 is 18.3 Å². The zero-order valence-corrected chi connectivity index (χ0v) is 18.3. The molecule has 0 aliphatic carbocycles. The van der Waals surface area contributed by atoms with Gasteiger partial charge in [-0.05, 0) is 25.3 Å². The molecule has 1 heterocycles. The fourth-order valence-electron chi connectivity index (χ4n) is 3.29. The summed E-state index contributed by atoms with van der Waals surface area (Å²) in [5, 5.41) is 31.1. The maximum absolute atomic E-state index is 11.2. The third-order valence-electron chi connectivity index (χ3n) is 5.18. The van der Waals surface area contributed by atoms with Crippen molar-refractivity contribution in [3.8, 4) is 11.4 Å². The molecule has 2 rings (SSSR count). The van der Waals surface area contributed by atoms with Crippen LogP contribution in [0.3, 0.4) is 0 Å². The number of hydrogen-bond donors (Lipinski definition) is 4. The van der Waals surface area contributed by atoms with Crippen molar-refractivity contribution < 1.29 is 24.9 Å². The molecule has 0 spiro atoms. The van der Waals surface area contributed by atoms with E-state index in [-0.39, 0.29) is 18.8 Å². The van der Waals surface area contributed by atoms with Gasteiger partial charge in [0.15, 0.2) is 0 Å². The number of unbranched alkanes of at least 4 members (excludes halogenated alkanes) is 2. The summed E-state index contributed by atoms with van der Waals surface area (Å²) < 4.78 is 4.57. The van der Waals surface area contributed by atoms with Crippen LogP contribution in [0.2, 0.25) is 0 Å². The van der Waals surface area contributed by atoms with Crippen molar-refractivity contribution in [3.05, 3.63) is 47.8 Å². The van der Waals surface area contributed by atoms with Gasteiger partial charge in [0.1, 0.15) is 5.82 Å². The third-order valence-corrected chi connectivity index (χ3v) is 5.18. The van der Waals surface area contributed by atoms with Gasteiger partial charge in [-0.3, -0.25) is 4.79 Å². The Kier molecular flexibility index (Phi) is 10.4. The summed E-state index contributed by atoms with van der Waals surface area (Å²) in [5.41, 5.74) is 2.02. The van der Waals surface area contributed by atoms with Gasteiger partial charge in [0, 0.05) is 12.0 Å². The van der Waals surface area contributed by atoms with Gasteiger partial charge >= 0.3 is 5.97 Å². The van der Waals surface area contributed by atoms with Gasteiger partial charge in [-0.25, -0.2) is 4.98 Å². The molecule has 4 N–H and O–H groups in total. The van der Waals surface area contributed by atoms with Crippen LogP contribution in [0, 0.1) is 0 Å². The number of aromatic nitrogens is 2. The highest BCUT2D eigenvalue weighted by Gasteiger charge is 2.19. The Labute approximate surface area is 183 Å². The predicted octanol–water partition coefficient (Wildman–Crippen LogP) is 3.77. The van der Waals surface area contributed by atoms with Crippen LogP contribution in [-0.4, -0.2) is 50.6 Å². The smallest absolute Gasteiger partial charge is 0.305 e. The first kappa shape index (κ1) is 24.8. The van der Waals surface area contributed by atoms with E-state index in [2.05, 4.69) is 21.6 Å². The molecule has 0 saturated carbocycles. The summed E-state index contributed by atoms with van der Waals surface area (Å²) in [5.74, 6) is 0.293. The molecule has 170 valence electrons. The number of H-pyrrole nitrogens is 1. The van der Waals surface area contributed by atoms with Crippen molar-refractivity contribution in [1.82, 2.24) is 9.97 Å². The molecule has 0 saturated heterocycles. The van der Waals surface area contributed by atoms with Crippen LogP contribution in [0.15, 0.2) is 36.4 Å². The van der Waals surface area contributed by atoms with E-state index in [9.17, 15) is 20.1 Å². The van der Waals surface area contributed by atoms with Crippen LogP contribution >= 0.6 is 0 Å². The summed E-state index contributed by atoms with van der Waals surface area (Å²) >= 11 is 0. The van der Waals surface area contributed by atoms with E-state index in [1.807, 2.05) is 30.3 Å². The van der Waals surface area contributed by atoms with Gasteiger partial charge in [0.25, 0.3) is 0 Å². The Morgan fingerprint density at radius 2 is 1.87 bits per heavy atom. The summed E-state index contributed by atoms with van der Waals surface area (Å²) in [4.78, 5) is 19.0. The number of hydrogen-bond acceptors (Lipinski definition) is 6. The number of nitrogens with zero attached hydrogens (tertiary/aromatic N) is 1.